The van der Waals surface area contributed by atoms with Crippen molar-refractivity contribution in [2.24, 2.45) is 5.92 Å². The minimum atomic E-state index is 0.364. The molecule has 1 amide bonds. The molecule has 1 aromatic carbocycles. The molecule has 1 unspecified atom stereocenters. The quantitative estimate of drug-likeness (QED) is 0.823. The number of ether oxygens (including phenoxy) is 1. The van der Waals surface area contributed by atoms with Gasteiger partial charge in [0.05, 0.1) is 7.11 Å². The van der Waals surface area contributed by atoms with E-state index in [-0.39, 0.29) is 0 Å². The molecule has 0 bridgehead atoms. The van der Waals surface area contributed by atoms with Crippen LogP contribution in [0.3, 0.4) is 0 Å². The van der Waals surface area contributed by atoms with Crippen LogP contribution in [0, 0.1) is 5.92 Å². The van der Waals surface area contributed by atoms with Gasteiger partial charge in [0.1, 0.15) is 5.75 Å². The predicted molar refractivity (Wildman–Crippen MR) is 88.1 cm³/mol. The zero-order chi connectivity index (χ0) is 15.4. The highest BCUT2D eigenvalue weighted by Gasteiger charge is 2.27. The predicted octanol–water partition coefficient (Wildman–Crippen LogP) is 3.98. The Bertz CT molecular complexity index is 491. The first-order valence-corrected chi connectivity index (χ1v) is 8.68. The average Bonchev–Trinajstić information content (AvgIpc) is 3.24. The Morgan fingerprint density at radius 1 is 1.18 bits per heavy atom. The third-order valence-electron chi connectivity index (χ3n) is 5.37. The molecular formula is C19H27NO2. The first kappa shape index (κ1) is 15.4. The van der Waals surface area contributed by atoms with Crippen LogP contribution in [0.25, 0.3) is 0 Å². The lowest BCUT2D eigenvalue weighted by Gasteiger charge is -2.18. The summed E-state index contributed by atoms with van der Waals surface area (Å²) in [5.74, 6) is 2.56. The Hall–Kier alpha value is -1.51. The van der Waals surface area contributed by atoms with E-state index in [1.165, 1.54) is 31.2 Å². The van der Waals surface area contributed by atoms with Gasteiger partial charge < -0.3 is 9.64 Å². The van der Waals surface area contributed by atoms with Crippen molar-refractivity contribution in [3.8, 4) is 5.75 Å². The second kappa shape index (κ2) is 7.17. The lowest BCUT2D eigenvalue weighted by atomic mass is 9.98. The number of methoxy groups -OCH3 is 1. The molecular weight excluding hydrogens is 274 g/mol. The normalized spacial score (nSPS) is 22.2. The highest BCUT2D eigenvalue weighted by atomic mass is 16.5. The van der Waals surface area contributed by atoms with Crippen molar-refractivity contribution in [3.05, 3.63) is 29.8 Å². The Labute approximate surface area is 133 Å². The third kappa shape index (κ3) is 3.63. The maximum Gasteiger partial charge on any atom is 0.222 e. The van der Waals surface area contributed by atoms with E-state index in [1.807, 2.05) is 12.1 Å². The summed E-state index contributed by atoms with van der Waals surface area (Å²) >= 11 is 0. The van der Waals surface area contributed by atoms with E-state index in [4.69, 9.17) is 4.74 Å². The van der Waals surface area contributed by atoms with Crippen LogP contribution in [0.5, 0.6) is 5.75 Å². The molecule has 1 atom stereocenters. The first-order chi connectivity index (χ1) is 10.8. The van der Waals surface area contributed by atoms with Crippen molar-refractivity contribution < 1.29 is 9.53 Å². The molecule has 3 nitrogen and oxygen atoms in total. The molecule has 1 saturated carbocycles. The van der Waals surface area contributed by atoms with Crippen LogP contribution < -0.4 is 4.74 Å². The smallest absolute Gasteiger partial charge is 0.222 e. The highest BCUT2D eigenvalue weighted by Crippen LogP contribution is 2.31. The number of hydrogen-bond acceptors (Lipinski definition) is 2. The van der Waals surface area contributed by atoms with Gasteiger partial charge >= 0.3 is 0 Å². The summed E-state index contributed by atoms with van der Waals surface area (Å²) < 4.78 is 5.21. The molecule has 0 spiro atoms. The van der Waals surface area contributed by atoms with Gasteiger partial charge in [-0.2, -0.15) is 0 Å². The molecule has 120 valence electrons. The summed E-state index contributed by atoms with van der Waals surface area (Å²) in [5.41, 5.74) is 1.33. The van der Waals surface area contributed by atoms with Crippen LogP contribution in [-0.4, -0.2) is 31.0 Å². The Balaban J connectivity index is 1.49. The minimum Gasteiger partial charge on any atom is -0.497 e. The molecule has 3 rings (SSSR count). The molecule has 1 aliphatic carbocycles. The van der Waals surface area contributed by atoms with Crippen LogP contribution in [0.4, 0.5) is 0 Å². The standard InChI is InChI=1S/C19H27NO2/c1-22-18-9-7-16(8-10-18)17-12-13-20(14-17)19(21)11-6-15-4-2-3-5-15/h7-10,15,17H,2-6,11-14H2,1H3. The van der Waals surface area contributed by atoms with E-state index in [2.05, 4.69) is 17.0 Å². The minimum absolute atomic E-state index is 0.364. The lowest BCUT2D eigenvalue weighted by molar-refractivity contribution is -0.130. The first-order valence-electron chi connectivity index (χ1n) is 8.68. The van der Waals surface area contributed by atoms with E-state index in [0.29, 0.717) is 11.8 Å². The van der Waals surface area contributed by atoms with E-state index >= 15 is 0 Å². The lowest BCUT2D eigenvalue weighted by Crippen LogP contribution is -2.28. The van der Waals surface area contributed by atoms with Crippen molar-refractivity contribution in [2.45, 2.75) is 50.9 Å². The third-order valence-corrected chi connectivity index (χ3v) is 5.37. The van der Waals surface area contributed by atoms with Gasteiger partial charge in [0.2, 0.25) is 5.91 Å². The summed E-state index contributed by atoms with van der Waals surface area (Å²) in [4.78, 5) is 14.5. The summed E-state index contributed by atoms with van der Waals surface area (Å²) in [7, 11) is 1.69. The van der Waals surface area contributed by atoms with Crippen molar-refractivity contribution in [2.75, 3.05) is 20.2 Å². The second-order valence-corrected chi connectivity index (χ2v) is 6.79. The number of likely N-dealkylation sites (tertiary alicyclic amines) is 1. The van der Waals surface area contributed by atoms with Crippen molar-refractivity contribution in [1.29, 1.82) is 0 Å². The molecule has 1 saturated heterocycles. The molecule has 2 fully saturated rings. The second-order valence-electron chi connectivity index (χ2n) is 6.79. The molecule has 0 radical (unpaired) electrons. The van der Waals surface area contributed by atoms with Crippen molar-refractivity contribution in [1.82, 2.24) is 4.90 Å². The molecule has 2 aliphatic rings. The van der Waals surface area contributed by atoms with Crippen LogP contribution in [0.1, 0.15) is 56.4 Å². The van der Waals surface area contributed by atoms with Gasteiger partial charge in [0.25, 0.3) is 0 Å². The number of carbonyl (C=O) groups is 1. The van der Waals surface area contributed by atoms with Gasteiger partial charge in [0.15, 0.2) is 0 Å². The van der Waals surface area contributed by atoms with Gasteiger partial charge in [-0.1, -0.05) is 37.8 Å². The van der Waals surface area contributed by atoms with Gasteiger partial charge in [-0.3, -0.25) is 4.79 Å². The topological polar surface area (TPSA) is 29.5 Å². The highest BCUT2D eigenvalue weighted by molar-refractivity contribution is 5.76. The summed E-state index contributed by atoms with van der Waals surface area (Å²) in [6, 6.07) is 8.30. The van der Waals surface area contributed by atoms with Crippen LogP contribution in [-0.2, 0) is 4.79 Å². The Morgan fingerprint density at radius 2 is 1.91 bits per heavy atom. The number of nitrogens with zero attached hydrogens (tertiary/aromatic N) is 1. The molecule has 1 heterocycles. The fourth-order valence-corrected chi connectivity index (χ4v) is 3.92. The van der Waals surface area contributed by atoms with Gasteiger partial charge in [-0.05, 0) is 36.5 Å². The van der Waals surface area contributed by atoms with Gasteiger partial charge in [-0.25, -0.2) is 0 Å². The maximum atomic E-state index is 12.4. The Kier molecular flexibility index (Phi) is 5.01. The number of rotatable bonds is 5. The molecule has 0 N–H and O–H groups in total. The summed E-state index contributed by atoms with van der Waals surface area (Å²) in [5, 5.41) is 0. The fourth-order valence-electron chi connectivity index (χ4n) is 3.92. The zero-order valence-electron chi connectivity index (χ0n) is 13.6. The van der Waals surface area contributed by atoms with E-state index in [9.17, 15) is 4.79 Å². The SMILES string of the molecule is COc1ccc(C2CCN(C(=O)CCC3CCCC3)C2)cc1. The van der Waals surface area contributed by atoms with E-state index in [1.54, 1.807) is 7.11 Å². The molecule has 22 heavy (non-hydrogen) atoms. The summed E-state index contributed by atoms with van der Waals surface area (Å²) in [6.07, 6.45) is 8.33. The number of carbonyl (C=O) groups excluding carboxylic acids is 1. The summed E-state index contributed by atoms with van der Waals surface area (Å²) in [6.45, 7) is 1.80. The van der Waals surface area contributed by atoms with E-state index < -0.39 is 0 Å². The number of amides is 1. The largest absolute Gasteiger partial charge is 0.497 e. The van der Waals surface area contributed by atoms with Crippen molar-refractivity contribution >= 4 is 5.91 Å². The van der Waals surface area contributed by atoms with Gasteiger partial charge in [0, 0.05) is 25.4 Å². The molecule has 1 aromatic rings. The van der Waals surface area contributed by atoms with Gasteiger partial charge in [-0.15, -0.1) is 0 Å². The van der Waals surface area contributed by atoms with Crippen LogP contribution in [0.15, 0.2) is 24.3 Å². The van der Waals surface area contributed by atoms with Crippen LogP contribution in [0.2, 0.25) is 0 Å². The molecule has 0 aromatic heterocycles. The van der Waals surface area contributed by atoms with Crippen LogP contribution >= 0.6 is 0 Å². The molecule has 1 aliphatic heterocycles. The average molecular weight is 301 g/mol. The Morgan fingerprint density at radius 3 is 2.59 bits per heavy atom. The maximum absolute atomic E-state index is 12.4. The van der Waals surface area contributed by atoms with E-state index in [0.717, 1.165) is 44.0 Å². The number of hydrogen-bond donors (Lipinski definition) is 0. The zero-order valence-corrected chi connectivity index (χ0v) is 13.6. The molecule has 3 heteroatoms. The van der Waals surface area contributed by atoms with Crippen molar-refractivity contribution in [3.63, 3.8) is 0 Å². The fraction of sp³-hybridized carbons (Fsp3) is 0.632. The number of benzene rings is 1. The monoisotopic (exact) mass is 301 g/mol.